The molecule has 1 heterocycles. The summed E-state index contributed by atoms with van der Waals surface area (Å²) in [5.74, 6) is 1.09. The van der Waals surface area contributed by atoms with Crippen molar-refractivity contribution in [3.05, 3.63) is 12.1 Å². The van der Waals surface area contributed by atoms with Gasteiger partial charge in [0.05, 0.1) is 39.7 Å². The molecule has 1 aliphatic heterocycles. The molecule has 4 rings (SSSR count). The molecule has 1 aromatic rings. The Balaban J connectivity index is 1.50. The van der Waals surface area contributed by atoms with Crippen LogP contribution in [0, 0.1) is 22.7 Å². The lowest BCUT2D eigenvalue weighted by Crippen LogP contribution is -2.61. The molecule has 2 amide bonds. The Morgan fingerprint density at radius 2 is 1.65 bits per heavy atom. The second-order valence-electron chi connectivity index (χ2n) is 12.1. The number of carbonyl (C=O) groups is 2. The quantitative estimate of drug-likeness (QED) is 0.430. The molecule has 6 unspecified atom stereocenters. The van der Waals surface area contributed by atoms with Crippen LogP contribution in [0.5, 0.6) is 17.2 Å². The minimum absolute atomic E-state index is 0.0275. The topological polar surface area (TPSA) is 127 Å². The predicted octanol–water partition coefficient (Wildman–Crippen LogP) is 4.22. The standard InChI is InChI=1S/C30H46N2O8/c1-29-12-11-25(40-28(36)31-19-15-22(37-3)27(39-5)23(16-19)38-4)30(2,18-33)24(29)10-9-21(34)20(29)17-26(35)32-13-7-6-8-14-32/h15-16,20-21,24-25,33-34H,6-14,17-18H2,1-5H3,(H,31,36). The lowest BCUT2D eigenvalue weighted by Gasteiger charge is -2.60. The third kappa shape index (κ3) is 5.70. The number of nitrogens with one attached hydrogen (secondary N) is 1. The summed E-state index contributed by atoms with van der Waals surface area (Å²) < 4.78 is 22.1. The molecule has 2 aliphatic carbocycles. The number of rotatable bonds is 8. The summed E-state index contributed by atoms with van der Waals surface area (Å²) in [6, 6.07) is 3.25. The van der Waals surface area contributed by atoms with Gasteiger partial charge in [0.25, 0.3) is 0 Å². The average molecular weight is 563 g/mol. The number of hydrogen-bond acceptors (Lipinski definition) is 8. The highest BCUT2D eigenvalue weighted by atomic mass is 16.6. The Labute approximate surface area is 237 Å². The van der Waals surface area contributed by atoms with Crippen LogP contribution in [-0.4, -0.2) is 80.3 Å². The second-order valence-corrected chi connectivity index (χ2v) is 12.1. The van der Waals surface area contributed by atoms with Crippen LogP contribution in [-0.2, 0) is 9.53 Å². The van der Waals surface area contributed by atoms with E-state index in [1.165, 1.54) is 21.3 Å². The molecule has 3 fully saturated rings. The van der Waals surface area contributed by atoms with Crippen molar-refractivity contribution >= 4 is 17.7 Å². The molecule has 10 heteroatoms. The molecule has 0 bridgehead atoms. The first kappa shape index (κ1) is 30.2. The smallest absolute Gasteiger partial charge is 0.411 e. The maximum Gasteiger partial charge on any atom is 0.411 e. The molecule has 224 valence electrons. The fourth-order valence-corrected chi connectivity index (χ4v) is 7.67. The molecular weight excluding hydrogens is 516 g/mol. The summed E-state index contributed by atoms with van der Waals surface area (Å²) in [4.78, 5) is 28.3. The van der Waals surface area contributed by atoms with Gasteiger partial charge in [0.1, 0.15) is 6.10 Å². The zero-order chi connectivity index (χ0) is 29.1. The lowest BCUT2D eigenvalue weighted by molar-refractivity contribution is -0.186. The Kier molecular flexibility index (Phi) is 9.40. The van der Waals surface area contributed by atoms with E-state index in [0.29, 0.717) is 55.0 Å². The highest BCUT2D eigenvalue weighted by Gasteiger charge is 2.60. The molecule has 40 heavy (non-hydrogen) atoms. The van der Waals surface area contributed by atoms with E-state index in [9.17, 15) is 19.8 Å². The first-order valence-corrected chi connectivity index (χ1v) is 14.5. The van der Waals surface area contributed by atoms with Crippen molar-refractivity contribution in [2.45, 2.75) is 77.4 Å². The number of methoxy groups -OCH3 is 3. The number of nitrogens with zero attached hydrogens (tertiary/aromatic N) is 1. The zero-order valence-electron chi connectivity index (χ0n) is 24.5. The van der Waals surface area contributed by atoms with Crippen LogP contribution in [0.4, 0.5) is 10.5 Å². The highest BCUT2D eigenvalue weighted by molar-refractivity contribution is 5.86. The molecular formula is C30H46N2O8. The van der Waals surface area contributed by atoms with Crippen molar-refractivity contribution in [3.8, 4) is 17.2 Å². The van der Waals surface area contributed by atoms with Gasteiger partial charge < -0.3 is 34.1 Å². The van der Waals surface area contributed by atoms with Gasteiger partial charge in [-0.2, -0.15) is 0 Å². The minimum atomic E-state index is -0.730. The number of ether oxygens (including phenoxy) is 4. The monoisotopic (exact) mass is 562 g/mol. The molecule has 0 radical (unpaired) electrons. The maximum atomic E-state index is 13.2. The van der Waals surface area contributed by atoms with E-state index >= 15 is 0 Å². The summed E-state index contributed by atoms with van der Waals surface area (Å²) in [5, 5.41) is 24.6. The van der Waals surface area contributed by atoms with Gasteiger partial charge in [-0.25, -0.2) is 4.79 Å². The Morgan fingerprint density at radius 1 is 1.00 bits per heavy atom. The van der Waals surface area contributed by atoms with Crippen LogP contribution in [0.25, 0.3) is 0 Å². The van der Waals surface area contributed by atoms with Crippen LogP contribution < -0.4 is 19.5 Å². The molecule has 10 nitrogen and oxygen atoms in total. The van der Waals surface area contributed by atoms with Gasteiger partial charge in [-0.3, -0.25) is 10.1 Å². The van der Waals surface area contributed by atoms with E-state index in [1.54, 1.807) is 12.1 Å². The Bertz CT molecular complexity index is 1040. The van der Waals surface area contributed by atoms with E-state index in [1.807, 2.05) is 11.8 Å². The van der Waals surface area contributed by atoms with Crippen LogP contribution in [0.3, 0.4) is 0 Å². The van der Waals surface area contributed by atoms with E-state index in [4.69, 9.17) is 18.9 Å². The van der Waals surface area contributed by atoms with Gasteiger partial charge in [-0.05, 0) is 62.2 Å². The molecule has 6 atom stereocenters. The number of aliphatic hydroxyl groups excluding tert-OH is 2. The summed E-state index contributed by atoms with van der Waals surface area (Å²) in [6.07, 6.45) is 4.22. The molecule has 3 aliphatic rings. The number of piperidine rings is 1. The van der Waals surface area contributed by atoms with Gasteiger partial charge in [-0.1, -0.05) is 13.8 Å². The van der Waals surface area contributed by atoms with Crippen LogP contribution in [0.2, 0.25) is 0 Å². The molecule has 1 saturated heterocycles. The van der Waals surface area contributed by atoms with Crippen molar-refractivity contribution < 1.29 is 38.7 Å². The van der Waals surface area contributed by atoms with E-state index in [-0.39, 0.29) is 29.8 Å². The van der Waals surface area contributed by atoms with Gasteiger partial charge >= 0.3 is 6.09 Å². The number of hydrogen-bond donors (Lipinski definition) is 3. The van der Waals surface area contributed by atoms with Crippen molar-refractivity contribution in [3.63, 3.8) is 0 Å². The Hall–Kier alpha value is -2.72. The molecule has 1 aromatic carbocycles. The molecule has 0 aromatic heterocycles. The summed E-state index contributed by atoms with van der Waals surface area (Å²) in [7, 11) is 4.51. The summed E-state index contributed by atoms with van der Waals surface area (Å²) in [5.41, 5.74) is -0.678. The molecule has 3 N–H and O–H groups in total. The highest BCUT2D eigenvalue weighted by Crippen LogP contribution is 2.61. The lowest BCUT2D eigenvalue weighted by atomic mass is 9.46. The van der Waals surface area contributed by atoms with Crippen molar-refractivity contribution in [2.24, 2.45) is 22.7 Å². The van der Waals surface area contributed by atoms with Crippen LogP contribution >= 0.6 is 0 Å². The third-order valence-corrected chi connectivity index (χ3v) is 9.94. The summed E-state index contributed by atoms with van der Waals surface area (Å²) in [6.45, 7) is 5.51. The van der Waals surface area contributed by atoms with Gasteiger partial charge in [0.2, 0.25) is 11.7 Å². The number of aliphatic hydroxyl groups is 2. The third-order valence-electron chi connectivity index (χ3n) is 9.94. The number of amides is 2. The zero-order valence-corrected chi connectivity index (χ0v) is 24.5. The predicted molar refractivity (Wildman–Crippen MR) is 150 cm³/mol. The van der Waals surface area contributed by atoms with Crippen molar-refractivity contribution in [2.75, 3.05) is 46.3 Å². The average Bonchev–Trinajstić information content (AvgIpc) is 2.96. The van der Waals surface area contributed by atoms with Gasteiger partial charge in [0, 0.05) is 37.1 Å². The van der Waals surface area contributed by atoms with Crippen molar-refractivity contribution in [1.82, 2.24) is 4.90 Å². The normalized spacial score (nSPS) is 32.0. The number of likely N-dealkylation sites (tertiary alicyclic amines) is 1. The van der Waals surface area contributed by atoms with Gasteiger partial charge in [0.15, 0.2) is 11.5 Å². The van der Waals surface area contributed by atoms with Crippen molar-refractivity contribution in [1.29, 1.82) is 0 Å². The van der Waals surface area contributed by atoms with E-state index in [2.05, 4.69) is 12.2 Å². The first-order valence-electron chi connectivity index (χ1n) is 14.5. The number of anilines is 1. The van der Waals surface area contributed by atoms with E-state index in [0.717, 1.165) is 32.4 Å². The number of benzene rings is 1. The number of carbonyl (C=O) groups excluding carboxylic acids is 2. The maximum absolute atomic E-state index is 13.2. The second kappa shape index (κ2) is 12.4. The number of fused-ring (bicyclic) bond motifs is 1. The molecule has 2 saturated carbocycles. The molecule has 0 spiro atoms. The largest absolute Gasteiger partial charge is 0.493 e. The van der Waals surface area contributed by atoms with Crippen LogP contribution in [0.1, 0.15) is 65.2 Å². The minimum Gasteiger partial charge on any atom is -0.493 e. The summed E-state index contributed by atoms with van der Waals surface area (Å²) >= 11 is 0. The Morgan fingerprint density at radius 3 is 2.23 bits per heavy atom. The fraction of sp³-hybridized carbons (Fsp3) is 0.733. The van der Waals surface area contributed by atoms with Crippen LogP contribution in [0.15, 0.2) is 12.1 Å². The SMILES string of the molecule is COc1cc(NC(=O)OC2CCC3(C)C(CC(=O)N4CCCCC4)C(O)CCC3C2(C)CO)cc(OC)c1OC. The van der Waals surface area contributed by atoms with E-state index < -0.39 is 23.7 Å². The van der Waals surface area contributed by atoms with Gasteiger partial charge in [-0.15, -0.1) is 0 Å². The first-order chi connectivity index (χ1) is 19.1. The fourth-order valence-electron chi connectivity index (χ4n) is 7.67.